The predicted molar refractivity (Wildman–Crippen MR) is 102 cm³/mol. The molecule has 8 nitrogen and oxygen atoms in total. The number of ether oxygens (including phenoxy) is 1. The number of amides is 3. The van der Waals surface area contributed by atoms with E-state index in [0.29, 0.717) is 11.5 Å². The summed E-state index contributed by atoms with van der Waals surface area (Å²) in [5, 5.41) is 11.3. The summed E-state index contributed by atoms with van der Waals surface area (Å²) < 4.78 is 7.49. The van der Waals surface area contributed by atoms with Crippen LogP contribution in [0.25, 0.3) is 11.8 Å². The first kappa shape index (κ1) is 19.2. The standard InChI is InChI=1S/C20H21N3O5/c1-4-28-16-7-5-15(6-8-16)23-12(2)9-14(13(23)3)10-17-19(26)22(11-18(24)25)20(27)21-17/h5-10H,4,11H2,1-3H3,(H,21,27)(H,24,25)/b17-10+. The highest BCUT2D eigenvalue weighted by Gasteiger charge is 2.35. The summed E-state index contributed by atoms with van der Waals surface area (Å²) in [4.78, 5) is 35.7. The lowest BCUT2D eigenvalue weighted by molar-refractivity contribution is -0.140. The van der Waals surface area contributed by atoms with Gasteiger partial charge in [0.15, 0.2) is 0 Å². The SMILES string of the molecule is CCOc1ccc(-n2c(C)cc(/C=C3/NC(=O)N(CC(=O)O)C3=O)c2C)cc1. The number of carbonyl (C=O) groups is 3. The predicted octanol–water partition coefficient (Wildman–Crippen LogP) is 2.47. The normalized spacial score (nSPS) is 15.2. The second-order valence-electron chi connectivity index (χ2n) is 6.36. The third kappa shape index (κ3) is 3.62. The van der Waals surface area contributed by atoms with E-state index in [1.807, 2.05) is 55.7 Å². The van der Waals surface area contributed by atoms with Gasteiger partial charge in [0.1, 0.15) is 18.0 Å². The van der Waals surface area contributed by atoms with Crippen molar-refractivity contribution in [2.75, 3.05) is 13.2 Å². The van der Waals surface area contributed by atoms with Crippen LogP contribution in [0.5, 0.6) is 5.75 Å². The largest absolute Gasteiger partial charge is 0.494 e. The third-order valence-electron chi connectivity index (χ3n) is 4.43. The fourth-order valence-electron chi connectivity index (χ4n) is 3.20. The molecule has 0 atom stereocenters. The molecule has 1 fully saturated rings. The highest BCUT2D eigenvalue weighted by Crippen LogP contribution is 2.25. The second kappa shape index (κ2) is 7.59. The van der Waals surface area contributed by atoms with Crippen LogP contribution in [-0.2, 0) is 9.59 Å². The molecule has 0 bridgehead atoms. The van der Waals surface area contributed by atoms with Crippen molar-refractivity contribution >= 4 is 24.0 Å². The molecule has 3 rings (SSSR count). The zero-order chi connectivity index (χ0) is 20.4. The average molecular weight is 383 g/mol. The van der Waals surface area contributed by atoms with Gasteiger partial charge < -0.3 is 19.7 Å². The van der Waals surface area contributed by atoms with Gasteiger partial charge in [0.25, 0.3) is 5.91 Å². The van der Waals surface area contributed by atoms with E-state index in [-0.39, 0.29) is 5.70 Å². The molecule has 1 saturated heterocycles. The minimum atomic E-state index is -1.25. The number of urea groups is 1. The van der Waals surface area contributed by atoms with Crippen LogP contribution in [0.2, 0.25) is 0 Å². The fourth-order valence-corrected chi connectivity index (χ4v) is 3.20. The molecule has 3 amide bonds. The van der Waals surface area contributed by atoms with Gasteiger partial charge in [-0.25, -0.2) is 9.69 Å². The Morgan fingerprint density at radius 2 is 1.89 bits per heavy atom. The van der Waals surface area contributed by atoms with Crippen LogP contribution in [0.15, 0.2) is 36.0 Å². The minimum absolute atomic E-state index is 0.0539. The Bertz CT molecular complexity index is 972. The lowest BCUT2D eigenvalue weighted by Crippen LogP contribution is -2.35. The van der Waals surface area contributed by atoms with Crippen molar-refractivity contribution in [3.8, 4) is 11.4 Å². The number of carbonyl (C=O) groups excluding carboxylic acids is 2. The number of hydrogen-bond donors (Lipinski definition) is 2. The number of carboxylic acid groups (broad SMARTS) is 1. The van der Waals surface area contributed by atoms with Crippen molar-refractivity contribution < 1.29 is 24.2 Å². The molecule has 0 radical (unpaired) electrons. The molecule has 2 N–H and O–H groups in total. The molecule has 1 aliphatic heterocycles. The summed E-state index contributed by atoms with van der Waals surface area (Å²) in [5.41, 5.74) is 3.59. The Morgan fingerprint density at radius 1 is 1.21 bits per heavy atom. The summed E-state index contributed by atoms with van der Waals surface area (Å²) >= 11 is 0. The summed E-state index contributed by atoms with van der Waals surface area (Å²) in [7, 11) is 0. The molecule has 8 heteroatoms. The number of rotatable bonds is 6. The topological polar surface area (TPSA) is 101 Å². The van der Waals surface area contributed by atoms with E-state index in [1.165, 1.54) is 0 Å². The van der Waals surface area contributed by atoms with E-state index >= 15 is 0 Å². The number of aliphatic carboxylic acids is 1. The maximum atomic E-state index is 12.3. The number of carboxylic acids is 1. The quantitative estimate of drug-likeness (QED) is 0.589. The van der Waals surface area contributed by atoms with E-state index in [2.05, 4.69) is 5.32 Å². The molecule has 0 saturated carbocycles. The van der Waals surface area contributed by atoms with E-state index in [4.69, 9.17) is 9.84 Å². The first-order valence-electron chi connectivity index (χ1n) is 8.80. The number of benzene rings is 1. The van der Waals surface area contributed by atoms with E-state index in [9.17, 15) is 14.4 Å². The van der Waals surface area contributed by atoms with E-state index in [1.54, 1.807) is 6.08 Å². The van der Waals surface area contributed by atoms with Crippen LogP contribution in [0.4, 0.5) is 4.79 Å². The molecule has 0 spiro atoms. The summed E-state index contributed by atoms with van der Waals surface area (Å²) in [6.45, 7) is 5.70. The third-order valence-corrected chi connectivity index (χ3v) is 4.43. The van der Waals surface area contributed by atoms with Crippen LogP contribution < -0.4 is 10.1 Å². The van der Waals surface area contributed by atoms with Gasteiger partial charge in [-0.15, -0.1) is 0 Å². The first-order valence-corrected chi connectivity index (χ1v) is 8.80. The maximum Gasteiger partial charge on any atom is 0.329 e. The van der Waals surface area contributed by atoms with Crippen LogP contribution in [0.1, 0.15) is 23.9 Å². The van der Waals surface area contributed by atoms with Crippen molar-refractivity contribution in [1.82, 2.24) is 14.8 Å². The minimum Gasteiger partial charge on any atom is -0.494 e. The first-order chi connectivity index (χ1) is 13.3. The van der Waals surface area contributed by atoms with Gasteiger partial charge in [0.2, 0.25) is 0 Å². The van der Waals surface area contributed by atoms with Gasteiger partial charge in [-0.2, -0.15) is 0 Å². The molecule has 1 aromatic heterocycles. The number of aromatic nitrogens is 1. The molecular weight excluding hydrogens is 362 g/mol. The Labute approximate surface area is 162 Å². The van der Waals surface area contributed by atoms with Crippen molar-refractivity contribution in [3.05, 3.63) is 53.0 Å². The number of imide groups is 1. The Morgan fingerprint density at radius 3 is 2.50 bits per heavy atom. The van der Waals surface area contributed by atoms with Crippen LogP contribution in [0.3, 0.4) is 0 Å². The van der Waals surface area contributed by atoms with Crippen molar-refractivity contribution in [2.24, 2.45) is 0 Å². The zero-order valence-electron chi connectivity index (χ0n) is 15.9. The summed E-state index contributed by atoms with van der Waals surface area (Å²) in [6, 6.07) is 8.83. The summed E-state index contributed by atoms with van der Waals surface area (Å²) in [5.74, 6) is -1.12. The smallest absolute Gasteiger partial charge is 0.329 e. The molecule has 28 heavy (non-hydrogen) atoms. The second-order valence-corrected chi connectivity index (χ2v) is 6.36. The number of nitrogens with zero attached hydrogens (tertiary/aromatic N) is 2. The summed E-state index contributed by atoms with van der Waals surface area (Å²) in [6.07, 6.45) is 1.56. The van der Waals surface area contributed by atoms with Crippen molar-refractivity contribution in [1.29, 1.82) is 0 Å². The lowest BCUT2D eigenvalue weighted by Gasteiger charge is -2.11. The molecule has 0 aliphatic carbocycles. The van der Waals surface area contributed by atoms with E-state index in [0.717, 1.165) is 28.4 Å². The number of hydrogen-bond acceptors (Lipinski definition) is 4. The van der Waals surface area contributed by atoms with E-state index < -0.39 is 24.5 Å². The Hall–Kier alpha value is -3.55. The molecule has 1 aliphatic rings. The van der Waals surface area contributed by atoms with Crippen LogP contribution >= 0.6 is 0 Å². The van der Waals surface area contributed by atoms with Gasteiger partial charge in [-0.3, -0.25) is 9.59 Å². The molecule has 1 aromatic carbocycles. The van der Waals surface area contributed by atoms with Gasteiger partial charge in [-0.05, 0) is 62.7 Å². The van der Waals surface area contributed by atoms with Gasteiger partial charge in [0.05, 0.1) is 6.61 Å². The molecule has 146 valence electrons. The fraction of sp³-hybridized carbons (Fsp3) is 0.250. The van der Waals surface area contributed by atoms with Gasteiger partial charge in [0, 0.05) is 17.1 Å². The van der Waals surface area contributed by atoms with Gasteiger partial charge in [-0.1, -0.05) is 0 Å². The Balaban J connectivity index is 1.92. The monoisotopic (exact) mass is 383 g/mol. The highest BCUT2D eigenvalue weighted by molar-refractivity contribution is 6.15. The Kier molecular flexibility index (Phi) is 5.21. The van der Waals surface area contributed by atoms with Crippen molar-refractivity contribution in [3.63, 3.8) is 0 Å². The maximum absolute atomic E-state index is 12.3. The van der Waals surface area contributed by atoms with Crippen molar-refractivity contribution in [2.45, 2.75) is 20.8 Å². The molecular formula is C20H21N3O5. The van der Waals surface area contributed by atoms with Crippen LogP contribution in [0, 0.1) is 13.8 Å². The van der Waals surface area contributed by atoms with Gasteiger partial charge >= 0.3 is 12.0 Å². The molecule has 2 heterocycles. The zero-order valence-corrected chi connectivity index (χ0v) is 15.9. The number of nitrogens with one attached hydrogen (secondary N) is 1. The van der Waals surface area contributed by atoms with Crippen LogP contribution in [-0.4, -0.2) is 45.6 Å². The molecule has 0 unspecified atom stereocenters. The molecule has 2 aromatic rings. The number of aryl methyl sites for hydroxylation is 1. The average Bonchev–Trinajstić information content (AvgIpc) is 3.06. The highest BCUT2D eigenvalue weighted by atomic mass is 16.5. The lowest BCUT2D eigenvalue weighted by atomic mass is 10.2.